The molecule has 150 valence electrons. The lowest BCUT2D eigenvalue weighted by molar-refractivity contribution is -0.122. The molecule has 2 rings (SSSR count). The first-order chi connectivity index (χ1) is 13.5. The highest BCUT2D eigenvalue weighted by atomic mass is 35.5. The van der Waals surface area contributed by atoms with Crippen molar-refractivity contribution >= 4 is 46.6 Å². The van der Waals surface area contributed by atoms with E-state index >= 15 is 0 Å². The molecule has 0 heterocycles. The lowest BCUT2D eigenvalue weighted by atomic mass is 10.1. The van der Waals surface area contributed by atoms with Crippen LogP contribution in [0.5, 0.6) is 11.5 Å². The van der Waals surface area contributed by atoms with E-state index in [4.69, 9.17) is 44.3 Å². The number of hydrogen-bond donors (Lipinski definition) is 2. The van der Waals surface area contributed by atoms with Crippen LogP contribution < -0.4 is 20.1 Å². The molecule has 28 heavy (non-hydrogen) atoms. The highest BCUT2D eigenvalue weighted by Crippen LogP contribution is 2.31. The van der Waals surface area contributed by atoms with E-state index in [9.17, 15) is 9.59 Å². The summed E-state index contributed by atoms with van der Waals surface area (Å²) in [7, 11) is 1.49. The van der Waals surface area contributed by atoms with E-state index in [1.807, 2.05) is 18.2 Å². The van der Waals surface area contributed by atoms with E-state index in [2.05, 4.69) is 10.6 Å². The number of methoxy groups -OCH3 is 1. The van der Waals surface area contributed by atoms with Gasteiger partial charge in [0.2, 0.25) is 11.8 Å². The third kappa shape index (κ3) is 6.19. The zero-order valence-electron chi connectivity index (χ0n) is 15.0. The zero-order chi connectivity index (χ0) is 20.5. The normalized spacial score (nSPS) is 10.5. The van der Waals surface area contributed by atoms with Gasteiger partial charge < -0.3 is 20.1 Å². The Hall–Kier alpha value is -2.15. The van der Waals surface area contributed by atoms with E-state index in [0.717, 1.165) is 5.56 Å². The van der Waals surface area contributed by atoms with Crippen molar-refractivity contribution < 1.29 is 19.1 Å². The number of carbonyl (C=O) groups is 2. The van der Waals surface area contributed by atoms with Gasteiger partial charge >= 0.3 is 0 Å². The quantitative estimate of drug-likeness (QED) is 0.456. The van der Waals surface area contributed by atoms with Crippen molar-refractivity contribution in [1.82, 2.24) is 10.6 Å². The molecule has 0 aliphatic heterocycles. The summed E-state index contributed by atoms with van der Waals surface area (Å²) in [5.41, 5.74) is 1.40. The van der Waals surface area contributed by atoms with E-state index < -0.39 is 18.0 Å². The number of alkyl halides is 2. The lowest BCUT2D eigenvalue weighted by Crippen LogP contribution is -2.42. The SMILES string of the molecule is COc1cc(C(NC(=O)CCl)NC(=O)CCl)ccc1OCc1ccccc1Cl. The van der Waals surface area contributed by atoms with E-state index in [-0.39, 0.29) is 18.4 Å². The molecule has 0 unspecified atom stereocenters. The number of halogens is 3. The number of amides is 2. The van der Waals surface area contributed by atoms with Gasteiger partial charge in [-0.05, 0) is 23.8 Å². The summed E-state index contributed by atoms with van der Waals surface area (Å²) < 4.78 is 11.2. The molecule has 2 aromatic carbocycles. The first-order valence-electron chi connectivity index (χ1n) is 8.23. The monoisotopic (exact) mass is 444 g/mol. The fourth-order valence-corrected chi connectivity index (χ4v) is 2.70. The molecular formula is C19H19Cl3N2O4. The minimum Gasteiger partial charge on any atom is -0.493 e. The van der Waals surface area contributed by atoms with Crippen LogP contribution in [0.15, 0.2) is 42.5 Å². The zero-order valence-corrected chi connectivity index (χ0v) is 17.3. The molecule has 0 bridgehead atoms. The van der Waals surface area contributed by atoms with Crippen molar-refractivity contribution in [2.75, 3.05) is 18.9 Å². The Balaban J connectivity index is 2.21. The molecule has 2 amide bonds. The summed E-state index contributed by atoms with van der Waals surface area (Å²) >= 11 is 17.2. The summed E-state index contributed by atoms with van der Waals surface area (Å²) in [6.45, 7) is 0.255. The molecule has 0 radical (unpaired) electrons. The van der Waals surface area contributed by atoms with Gasteiger partial charge in [0.15, 0.2) is 11.5 Å². The summed E-state index contributed by atoms with van der Waals surface area (Å²) in [6, 6.07) is 12.4. The van der Waals surface area contributed by atoms with Crippen molar-refractivity contribution in [2.45, 2.75) is 12.8 Å². The summed E-state index contributed by atoms with van der Waals surface area (Å²) in [4.78, 5) is 23.4. The van der Waals surface area contributed by atoms with E-state index in [1.54, 1.807) is 24.3 Å². The van der Waals surface area contributed by atoms with Gasteiger partial charge in [0, 0.05) is 10.6 Å². The number of carbonyl (C=O) groups excluding carboxylic acids is 2. The topological polar surface area (TPSA) is 76.7 Å². The van der Waals surface area contributed by atoms with Crippen LogP contribution in [0.3, 0.4) is 0 Å². The number of nitrogens with one attached hydrogen (secondary N) is 2. The van der Waals surface area contributed by atoms with Gasteiger partial charge in [0.05, 0.1) is 7.11 Å². The average Bonchev–Trinajstić information content (AvgIpc) is 2.72. The van der Waals surface area contributed by atoms with E-state index in [1.165, 1.54) is 7.11 Å². The maximum atomic E-state index is 11.7. The van der Waals surface area contributed by atoms with Crippen LogP contribution in [0.1, 0.15) is 17.3 Å². The molecular weight excluding hydrogens is 427 g/mol. The Kier molecular flexibility index (Phi) is 8.70. The van der Waals surface area contributed by atoms with Gasteiger partial charge in [-0.3, -0.25) is 9.59 Å². The largest absolute Gasteiger partial charge is 0.493 e. The van der Waals surface area contributed by atoms with Gasteiger partial charge in [-0.1, -0.05) is 35.9 Å². The summed E-state index contributed by atoms with van der Waals surface area (Å²) in [5.74, 6) is -0.474. The Bertz CT molecular complexity index is 815. The van der Waals surface area contributed by atoms with Gasteiger partial charge in [0.25, 0.3) is 0 Å². The maximum absolute atomic E-state index is 11.7. The van der Waals surface area contributed by atoms with Crippen molar-refractivity contribution in [3.8, 4) is 11.5 Å². The van der Waals surface area contributed by atoms with Crippen molar-refractivity contribution in [3.05, 3.63) is 58.6 Å². The predicted molar refractivity (Wildman–Crippen MR) is 109 cm³/mol. The molecule has 9 heteroatoms. The average molecular weight is 446 g/mol. The van der Waals surface area contributed by atoms with Gasteiger partial charge in [-0.2, -0.15) is 0 Å². The molecule has 0 atom stereocenters. The van der Waals surface area contributed by atoms with Gasteiger partial charge in [0.1, 0.15) is 24.5 Å². The standard InChI is InChI=1S/C19H19Cl3N2O4/c1-27-16-8-12(19(23-17(25)9-20)24-18(26)10-21)6-7-15(16)28-11-13-4-2-3-5-14(13)22/h2-8,19H,9-11H2,1H3,(H,23,25)(H,24,26). The second-order valence-corrected chi connectivity index (χ2v) is 6.57. The molecule has 0 aliphatic carbocycles. The maximum Gasteiger partial charge on any atom is 0.236 e. The van der Waals surface area contributed by atoms with Crippen LogP contribution in [0, 0.1) is 0 Å². The first kappa shape index (κ1) is 22.1. The minimum atomic E-state index is -0.816. The summed E-state index contributed by atoms with van der Waals surface area (Å²) in [6.07, 6.45) is -0.816. The third-order valence-electron chi connectivity index (χ3n) is 3.72. The number of ether oxygens (including phenoxy) is 2. The molecule has 0 fully saturated rings. The number of hydrogen-bond acceptors (Lipinski definition) is 4. The smallest absolute Gasteiger partial charge is 0.236 e. The Morgan fingerprint density at radius 1 is 1.00 bits per heavy atom. The predicted octanol–water partition coefficient (Wildman–Crippen LogP) is 3.64. The molecule has 0 saturated heterocycles. The Labute approximate surface area is 178 Å². The summed E-state index contributed by atoms with van der Waals surface area (Å²) in [5, 5.41) is 5.82. The third-order valence-corrected chi connectivity index (χ3v) is 4.57. The fraction of sp³-hybridized carbons (Fsp3) is 0.263. The highest BCUT2D eigenvalue weighted by Gasteiger charge is 2.18. The molecule has 2 aromatic rings. The number of rotatable bonds is 9. The molecule has 0 spiro atoms. The molecule has 0 aromatic heterocycles. The van der Waals surface area contributed by atoms with Crippen LogP contribution >= 0.6 is 34.8 Å². The van der Waals surface area contributed by atoms with Crippen LogP contribution in [-0.4, -0.2) is 30.7 Å². The Morgan fingerprint density at radius 3 is 2.21 bits per heavy atom. The minimum absolute atomic E-state index is 0.247. The van der Waals surface area contributed by atoms with Crippen LogP contribution in [0.2, 0.25) is 5.02 Å². The molecule has 6 nitrogen and oxygen atoms in total. The molecule has 0 aliphatic rings. The Morgan fingerprint density at radius 2 is 1.64 bits per heavy atom. The molecule has 2 N–H and O–H groups in total. The van der Waals surface area contributed by atoms with Gasteiger partial charge in [-0.25, -0.2) is 0 Å². The number of benzene rings is 2. The first-order valence-corrected chi connectivity index (χ1v) is 9.68. The fourth-order valence-electron chi connectivity index (χ4n) is 2.36. The van der Waals surface area contributed by atoms with Crippen LogP contribution in [-0.2, 0) is 16.2 Å². The van der Waals surface area contributed by atoms with Crippen molar-refractivity contribution in [1.29, 1.82) is 0 Å². The van der Waals surface area contributed by atoms with Crippen LogP contribution in [0.4, 0.5) is 0 Å². The second kappa shape index (κ2) is 11.0. The van der Waals surface area contributed by atoms with Crippen molar-refractivity contribution in [3.63, 3.8) is 0 Å². The van der Waals surface area contributed by atoms with E-state index in [0.29, 0.717) is 22.1 Å². The van der Waals surface area contributed by atoms with Gasteiger partial charge in [-0.15, -0.1) is 23.2 Å². The highest BCUT2D eigenvalue weighted by molar-refractivity contribution is 6.31. The lowest BCUT2D eigenvalue weighted by Gasteiger charge is -2.21. The van der Waals surface area contributed by atoms with Crippen molar-refractivity contribution in [2.24, 2.45) is 0 Å². The molecule has 0 saturated carbocycles. The van der Waals surface area contributed by atoms with Crippen LogP contribution in [0.25, 0.3) is 0 Å². The second-order valence-electron chi connectivity index (χ2n) is 5.63.